The first-order chi connectivity index (χ1) is 13.0. The lowest BCUT2D eigenvalue weighted by Gasteiger charge is -2.20. The fourth-order valence-corrected chi connectivity index (χ4v) is 2.91. The molecule has 0 saturated heterocycles. The largest absolute Gasteiger partial charge is 0.490 e. The number of hydrogen-bond donors (Lipinski definition) is 2. The molecule has 27 heavy (non-hydrogen) atoms. The van der Waals surface area contributed by atoms with E-state index in [9.17, 15) is 9.59 Å². The maximum Gasteiger partial charge on any atom is 0.255 e. The Balaban J connectivity index is 1.81. The van der Waals surface area contributed by atoms with E-state index in [2.05, 4.69) is 10.6 Å². The lowest BCUT2D eigenvalue weighted by atomic mass is 10.1. The molecular formula is C20H19ClN2O4. The zero-order valence-corrected chi connectivity index (χ0v) is 15.7. The van der Waals surface area contributed by atoms with Crippen molar-refractivity contribution in [1.29, 1.82) is 0 Å². The van der Waals surface area contributed by atoms with Crippen LogP contribution in [0.25, 0.3) is 6.08 Å². The van der Waals surface area contributed by atoms with Crippen LogP contribution in [0.15, 0.2) is 42.0 Å². The van der Waals surface area contributed by atoms with Crippen LogP contribution < -0.4 is 20.1 Å². The third-order valence-corrected chi connectivity index (χ3v) is 4.33. The maximum absolute atomic E-state index is 12.6. The number of rotatable bonds is 5. The average molecular weight is 387 g/mol. The molecule has 0 aromatic heterocycles. The molecule has 1 aliphatic rings. The Morgan fingerprint density at radius 3 is 2.78 bits per heavy atom. The minimum absolute atomic E-state index is 0.124. The van der Waals surface area contributed by atoms with Crippen LogP contribution in [0.1, 0.15) is 22.8 Å². The van der Waals surface area contributed by atoms with Crippen molar-refractivity contribution in [1.82, 2.24) is 5.32 Å². The number of amides is 2. The Kier molecular flexibility index (Phi) is 5.66. The van der Waals surface area contributed by atoms with Crippen LogP contribution in [-0.4, -0.2) is 32.1 Å². The topological polar surface area (TPSA) is 76.7 Å². The van der Waals surface area contributed by atoms with Gasteiger partial charge in [0, 0.05) is 18.3 Å². The molecule has 1 aliphatic heterocycles. The highest BCUT2D eigenvalue weighted by molar-refractivity contribution is 6.34. The highest BCUT2D eigenvalue weighted by Crippen LogP contribution is 2.36. The SMILES string of the molecule is CCOc1cccc2c1OCC(C(=O)Nc1ccc(Cl)c(C(=O)NC)c1)=C2. The summed E-state index contributed by atoms with van der Waals surface area (Å²) in [5.74, 6) is 0.643. The molecule has 2 aromatic rings. The van der Waals surface area contributed by atoms with Crippen molar-refractivity contribution in [2.75, 3.05) is 25.6 Å². The molecule has 1 heterocycles. The van der Waals surface area contributed by atoms with Crippen molar-refractivity contribution >= 4 is 35.2 Å². The average Bonchev–Trinajstić information content (AvgIpc) is 2.69. The number of benzene rings is 2. The van der Waals surface area contributed by atoms with Crippen molar-refractivity contribution in [3.8, 4) is 11.5 Å². The van der Waals surface area contributed by atoms with Crippen LogP contribution >= 0.6 is 11.6 Å². The first-order valence-corrected chi connectivity index (χ1v) is 8.83. The van der Waals surface area contributed by atoms with Crippen LogP contribution in [0.2, 0.25) is 5.02 Å². The van der Waals surface area contributed by atoms with E-state index < -0.39 is 0 Å². The Bertz CT molecular complexity index is 924. The predicted octanol–water partition coefficient (Wildman–Crippen LogP) is 3.51. The molecule has 0 fully saturated rings. The van der Waals surface area contributed by atoms with Gasteiger partial charge in [0.05, 0.1) is 22.8 Å². The summed E-state index contributed by atoms with van der Waals surface area (Å²) in [6.45, 7) is 2.55. The molecule has 7 heteroatoms. The van der Waals surface area contributed by atoms with Crippen molar-refractivity contribution in [3.63, 3.8) is 0 Å². The fraction of sp³-hybridized carbons (Fsp3) is 0.200. The van der Waals surface area contributed by atoms with E-state index in [0.29, 0.717) is 34.4 Å². The molecule has 3 rings (SSSR count). The van der Waals surface area contributed by atoms with Gasteiger partial charge in [-0.25, -0.2) is 0 Å². The number of ether oxygens (including phenoxy) is 2. The molecule has 0 bridgehead atoms. The molecule has 6 nitrogen and oxygen atoms in total. The smallest absolute Gasteiger partial charge is 0.255 e. The van der Waals surface area contributed by atoms with Gasteiger partial charge in [-0.15, -0.1) is 0 Å². The van der Waals surface area contributed by atoms with Gasteiger partial charge in [0.1, 0.15) is 6.61 Å². The fourth-order valence-electron chi connectivity index (χ4n) is 2.70. The summed E-state index contributed by atoms with van der Waals surface area (Å²) in [4.78, 5) is 24.4. The zero-order chi connectivity index (χ0) is 19.4. The lowest BCUT2D eigenvalue weighted by molar-refractivity contribution is -0.113. The van der Waals surface area contributed by atoms with Crippen LogP contribution in [0.3, 0.4) is 0 Å². The number of para-hydroxylation sites is 1. The molecule has 140 valence electrons. The number of halogens is 1. The third kappa shape index (κ3) is 4.06. The highest BCUT2D eigenvalue weighted by Gasteiger charge is 2.21. The predicted molar refractivity (Wildman–Crippen MR) is 105 cm³/mol. The zero-order valence-electron chi connectivity index (χ0n) is 15.0. The Morgan fingerprint density at radius 1 is 1.22 bits per heavy atom. The van der Waals surface area contributed by atoms with Gasteiger partial charge in [-0.2, -0.15) is 0 Å². The van der Waals surface area contributed by atoms with E-state index in [1.165, 1.54) is 13.1 Å². The molecule has 0 unspecified atom stereocenters. The first kappa shape index (κ1) is 18.8. The lowest BCUT2D eigenvalue weighted by Crippen LogP contribution is -2.22. The summed E-state index contributed by atoms with van der Waals surface area (Å²) in [6, 6.07) is 10.3. The second-order valence-electron chi connectivity index (χ2n) is 5.79. The molecule has 2 N–H and O–H groups in total. The Morgan fingerprint density at radius 2 is 2.04 bits per heavy atom. The van der Waals surface area contributed by atoms with E-state index in [0.717, 1.165) is 5.56 Å². The van der Waals surface area contributed by atoms with Crippen molar-refractivity contribution in [2.24, 2.45) is 0 Å². The van der Waals surface area contributed by atoms with E-state index in [4.69, 9.17) is 21.1 Å². The van der Waals surface area contributed by atoms with E-state index in [1.54, 1.807) is 18.2 Å². The Hall–Kier alpha value is -2.99. The van der Waals surface area contributed by atoms with E-state index in [1.807, 2.05) is 25.1 Å². The molecule has 0 radical (unpaired) electrons. The maximum atomic E-state index is 12.6. The van der Waals surface area contributed by atoms with Crippen LogP contribution in [0, 0.1) is 0 Å². The number of carbonyl (C=O) groups is 2. The number of anilines is 1. The number of fused-ring (bicyclic) bond motifs is 1. The third-order valence-electron chi connectivity index (χ3n) is 4.00. The number of nitrogens with one attached hydrogen (secondary N) is 2. The quantitative estimate of drug-likeness (QED) is 0.824. The minimum atomic E-state index is -0.325. The van der Waals surface area contributed by atoms with Gasteiger partial charge < -0.3 is 20.1 Å². The summed E-state index contributed by atoms with van der Waals surface area (Å²) >= 11 is 6.04. The normalized spacial score (nSPS) is 12.3. The number of hydrogen-bond acceptors (Lipinski definition) is 4. The molecule has 0 saturated carbocycles. The van der Waals surface area contributed by atoms with Crippen molar-refractivity contribution in [2.45, 2.75) is 6.92 Å². The Labute approximate surface area is 162 Å². The van der Waals surface area contributed by atoms with Crippen LogP contribution in [-0.2, 0) is 4.79 Å². The summed E-state index contributed by atoms with van der Waals surface area (Å²) in [5, 5.41) is 5.60. The second kappa shape index (κ2) is 8.14. The van der Waals surface area contributed by atoms with Gasteiger partial charge in [0.25, 0.3) is 11.8 Å². The minimum Gasteiger partial charge on any atom is -0.490 e. The molecule has 2 aromatic carbocycles. The van der Waals surface area contributed by atoms with E-state index >= 15 is 0 Å². The highest BCUT2D eigenvalue weighted by atomic mass is 35.5. The second-order valence-corrected chi connectivity index (χ2v) is 6.20. The molecule has 0 aliphatic carbocycles. The standard InChI is InChI=1S/C20H19ClN2O4/c1-3-26-17-6-4-5-12-9-13(11-27-18(12)17)19(24)23-14-7-8-16(21)15(10-14)20(25)22-2/h4-10H,3,11H2,1-2H3,(H,22,25)(H,23,24). The van der Waals surface area contributed by atoms with Gasteiger partial charge in [0.2, 0.25) is 0 Å². The molecule has 2 amide bonds. The molecule has 0 spiro atoms. The van der Waals surface area contributed by atoms with Gasteiger partial charge in [-0.3, -0.25) is 9.59 Å². The van der Waals surface area contributed by atoms with E-state index in [-0.39, 0.29) is 24.0 Å². The summed E-state index contributed by atoms with van der Waals surface area (Å²) in [6.07, 6.45) is 1.77. The molecule has 0 atom stereocenters. The summed E-state index contributed by atoms with van der Waals surface area (Å²) < 4.78 is 11.3. The van der Waals surface area contributed by atoms with Gasteiger partial charge >= 0.3 is 0 Å². The summed E-state index contributed by atoms with van der Waals surface area (Å²) in [7, 11) is 1.52. The van der Waals surface area contributed by atoms with Crippen LogP contribution in [0.5, 0.6) is 11.5 Å². The monoisotopic (exact) mass is 386 g/mol. The van der Waals surface area contributed by atoms with Crippen LogP contribution in [0.4, 0.5) is 5.69 Å². The summed E-state index contributed by atoms with van der Waals surface area (Å²) in [5.41, 5.74) is 2.00. The van der Waals surface area contributed by atoms with Crippen molar-refractivity contribution < 1.29 is 19.1 Å². The van der Waals surface area contributed by atoms with Gasteiger partial charge in [-0.05, 0) is 37.3 Å². The first-order valence-electron chi connectivity index (χ1n) is 8.45. The molecular weight excluding hydrogens is 368 g/mol. The van der Waals surface area contributed by atoms with Crippen molar-refractivity contribution in [3.05, 3.63) is 58.1 Å². The van der Waals surface area contributed by atoms with Gasteiger partial charge in [0.15, 0.2) is 11.5 Å². The van der Waals surface area contributed by atoms with Gasteiger partial charge in [-0.1, -0.05) is 23.7 Å². The number of carbonyl (C=O) groups excluding carboxylic acids is 2.